The number of fused-ring (bicyclic) bond motifs is 1. The van der Waals surface area contributed by atoms with Crippen molar-refractivity contribution in [1.82, 2.24) is 9.88 Å². The first kappa shape index (κ1) is 20.9. The Kier molecular flexibility index (Phi) is 6.48. The van der Waals surface area contributed by atoms with E-state index >= 15 is 0 Å². The van der Waals surface area contributed by atoms with Gasteiger partial charge in [0, 0.05) is 35.2 Å². The number of hydrogen-bond acceptors (Lipinski definition) is 3. The van der Waals surface area contributed by atoms with Gasteiger partial charge in [0.1, 0.15) is 12.4 Å². The molecule has 0 aliphatic heterocycles. The van der Waals surface area contributed by atoms with Crippen LogP contribution in [0.4, 0.5) is 0 Å². The van der Waals surface area contributed by atoms with Crippen LogP contribution in [-0.2, 0) is 19.7 Å². The van der Waals surface area contributed by atoms with Crippen LogP contribution in [0, 0.1) is 6.92 Å². The molecule has 1 N–H and O–H groups in total. The summed E-state index contributed by atoms with van der Waals surface area (Å²) in [6, 6.07) is 26.1. The molecule has 4 aromatic rings. The average Bonchev–Trinajstić information content (AvgIpc) is 2.81. The van der Waals surface area contributed by atoms with Gasteiger partial charge in [-0.2, -0.15) is 0 Å². The second-order valence-electron chi connectivity index (χ2n) is 7.83. The number of rotatable bonds is 8. The van der Waals surface area contributed by atoms with Gasteiger partial charge in [0.15, 0.2) is 5.43 Å². The zero-order valence-electron chi connectivity index (χ0n) is 18.1. The lowest BCUT2D eigenvalue weighted by Gasteiger charge is -2.21. The monoisotopic (exact) mass is 412 g/mol. The van der Waals surface area contributed by atoms with Gasteiger partial charge in [0.2, 0.25) is 0 Å². The molecule has 1 heterocycles. The number of pyridine rings is 1. The highest BCUT2D eigenvalue weighted by atomic mass is 16.5. The van der Waals surface area contributed by atoms with Crippen LogP contribution in [0.3, 0.4) is 0 Å². The number of benzene rings is 3. The lowest BCUT2D eigenvalue weighted by Crippen LogP contribution is -2.27. The lowest BCUT2D eigenvalue weighted by molar-refractivity contribution is 0.270. The van der Waals surface area contributed by atoms with Crippen LogP contribution in [0.5, 0.6) is 5.75 Å². The molecule has 0 aliphatic carbocycles. The van der Waals surface area contributed by atoms with E-state index in [-0.39, 0.29) is 5.43 Å². The zero-order valence-corrected chi connectivity index (χ0v) is 18.1. The maximum absolute atomic E-state index is 13.4. The molecule has 0 unspecified atom stereocenters. The molecule has 0 spiro atoms. The molecule has 158 valence electrons. The fourth-order valence-electron chi connectivity index (χ4n) is 3.80. The topological polar surface area (TPSA) is 45.3 Å². The molecule has 0 amide bonds. The van der Waals surface area contributed by atoms with Crippen molar-refractivity contribution in [2.24, 2.45) is 0 Å². The molecule has 4 nitrogen and oxygen atoms in total. The Morgan fingerprint density at radius 3 is 2.23 bits per heavy atom. The van der Waals surface area contributed by atoms with Crippen molar-refractivity contribution >= 4 is 10.9 Å². The van der Waals surface area contributed by atoms with Gasteiger partial charge in [0.25, 0.3) is 0 Å². The van der Waals surface area contributed by atoms with Crippen LogP contribution in [0.25, 0.3) is 10.9 Å². The fraction of sp³-hybridized carbons (Fsp3) is 0.222. The van der Waals surface area contributed by atoms with Crippen molar-refractivity contribution in [2.75, 3.05) is 6.54 Å². The number of aromatic amines is 1. The van der Waals surface area contributed by atoms with Crippen LogP contribution in [-0.4, -0.2) is 16.4 Å². The largest absolute Gasteiger partial charge is 0.489 e. The fourth-order valence-corrected chi connectivity index (χ4v) is 3.80. The minimum atomic E-state index is 0.0722. The molecule has 0 fully saturated rings. The van der Waals surface area contributed by atoms with E-state index in [1.807, 2.05) is 73.7 Å². The molecule has 4 heteroatoms. The van der Waals surface area contributed by atoms with E-state index in [0.717, 1.165) is 35.4 Å². The molecule has 0 saturated heterocycles. The van der Waals surface area contributed by atoms with E-state index in [4.69, 9.17) is 4.74 Å². The summed E-state index contributed by atoms with van der Waals surface area (Å²) in [6.45, 7) is 6.87. The van der Waals surface area contributed by atoms with Gasteiger partial charge in [-0.1, -0.05) is 67.6 Å². The van der Waals surface area contributed by atoms with Gasteiger partial charge < -0.3 is 9.72 Å². The van der Waals surface area contributed by atoms with E-state index in [9.17, 15) is 4.79 Å². The van der Waals surface area contributed by atoms with E-state index in [1.165, 1.54) is 5.56 Å². The van der Waals surface area contributed by atoms with E-state index in [0.29, 0.717) is 24.3 Å². The smallest absolute Gasteiger partial charge is 0.194 e. The summed E-state index contributed by atoms with van der Waals surface area (Å²) in [6.07, 6.45) is 0. The van der Waals surface area contributed by atoms with Crippen LogP contribution < -0.4 is 10.2 Å². The summed E-state index contributed by atoms with van der Waals surface area (Å²) in [7, 11) is 0. The molecule has 4 rings (SSSR count). The molecule has 0 radical (unpaired) electrons. The Balaban J connectivity index is 1.58. The second kappa shape index (κ2) is 9.63. The molecular formula is C27H28N2O2. The predicted octanol–water partition coefficient (Wildman–Crippen LogP) is 5.44. The van der Waals surface area contributed by atoms with Crippen molar-refractivity contribution in [1.29, 1.82) is 0 Å². The van der Waals surface area contributed by atoms with Gasteiger partial charge in [0.05, 0.1) is 0 Å². The first-order valence-electron chi connectivity index (χ1n) is 10.7. The summed E-state index contributed by atoms with van der Waals surface area (Å²) in [5.74, 6) is 0.702. The Bertz CT molecular complexity index is 1200. The Morgan fingerprint density at radius 1 is 0.871 bits per heavy atom. The van der Waals surface area contributed by atoms with Gasteiger partial charge in [-0.3, -0.25) is 9.69 Å². The number of hydrogen-bond donors (Lipinski definition) is 1. The van der Waals surface area contributed by atoms with Crippen molar-refractivity contribution in [3.05, 3.63) is 111 Å². The molecule has 31 heavy (non-hydrogen) atoms. The maximum atomic E-state index is 13.4. The number of H-pyrrole nitrogens is 1. The predicted molar refractivity (Wildman–Crippen MR) is 126 cm³/mol. The number of nitrogens with one attached hydrogen (secondary N) is 1. The van der Waals surface area contributed by atoms with Gasteiger partial charge in [-0.15, -0.1) is 0 Å². The van der Waals surface area contributed by atoms with Crippen molar-refractivity contribution in [3.8, 4) is 5.75 Å². The minimum Gasteiger partial charge on any atom is -0.489 e. The molecule has 3 aromatic carbocycles. The summed E-state index contributed by atoms with van der Waals surface area (Å²) in [5.41, 5.74) is 4.98. The Hall–Kier alpha value is -3.37. The van der Waals surface area contributed by atoms with Crippen LogP contribution in [0.2, 0.25) is 0 Å². The summed E-state index contributed by atoms with van der Waals surface area (Å²) in [4.78, 5) is 19.1. The van der Waals surface area contributed by atoms with Gasteiger partial charge >= 0.3 is 0 Å². The van der Waals surface area contributed by atoms with Crippen LogP contribution in [0.1, 0.15) is 29.3 Å². The zero-order chi connectivity index (χ0) is 21.6. The average molecular weight is 413 g/mol. The molecule has 0 aliphatic rings. The van der Waals surface area contributed by atoms with E-state index < -0.39 is 0 Å². The third-order valence-electron chi connectivity index (χ3n) is 5.61. The third kappa shape index (κ3) is 5.04. The van der Waals surface area contributed by atoms with Gasteiger partial charge in [-0.05, 0) is 42.8 Å². The highest BCUT2D eigenvalue weighted by Gasteiger charge is 2.14. The number of ether oxygens (including phenoxy) is 1. The SMILES string of the molecule is CCN(Cc1ccccc1)Cc1c(C)[nH]c2ccc(OCc3ccccc3)cc2c1=O. The molecule has 1 aromatic heterocycles. The number of aryl methyl sites for hydroxylation is 1. The van der Waals surface area contributed by atoms with Crippen molar-refractivity contribution < 1.29 is 4.74 Å². The molecular weight excluding hydrogens is 384 g/mol. The second-order valence-corrected chi connectivity index (χ2v) is 7.83. The molecule has 0 bridgehead atoms. The summed E-state index contributed by atoms with van der Waals surface area (Å²) < 4.78 is 5.94. The van der Waals surface area contributed by atoms with Crippen molar-refractivity contribution in [3.63, 3.8) is 0 Å². The summed E-state index contributed by atoms with van der Waals surface area (Å²) >= 11 is 0. The molecule has 0 atom stereocenters. The Morgan fingerprint density at radius 2 is 1.55 bits per heavy atom. The number of aromatic nitrogens is 1. The lowest BCUT2D eigenvalue weighted by atomic mass is 10.1. The van der Waals surface area contributed by atoms with Gasteiger partial charge in [-0.25, -0.2) is 0 Å². The normalized spacial score (nSPS) is 11.2. The van der Waals surface area contributed by atoms with Crippen LogP contribution in [0.15, 0.2) is 83.7 Å². The first-order valence-corrected chi connectivity index (χ1v) is 10.7. The first-order chi connectivity index (χ1) is 15.1. The van der Waals surface area contributed by atoms with E-state index in [1.54, 1.807) is 0 Å². The minimum absolute atomic E-state index is 0.0722. The van der Waals surface area contributed by atoms with Crippen molar-refractivity contribution in [2.45, 2.75) is 33.5 Å². The van der Waals surface area contributed by atoms with E-state index in [2.05, 4.69) is 28.9 Å². The maximum Gasteiger partial charge on any atom is 0.194 e. The highest BCUT2D eigenvalue weighted by molar-refractivity contribution is 5.81. The van der Waals surface area contributed by atoms with Crippen LogP contribution >= 0.6 is 0 Å². The number of nitrogens with zero attached hydrogens (tertiary/aromatic N) is 1. The molecule has 0 saturated carbocycles. The standard InChI is InChI=1S/C27H28N2O2/c1-3-29(17-21-10-6-4-7-11-21)18-25-20(2)28-26-15-14-23(16-24(26)27(25)30)31-19-22-12-8-5-9-13-22/h4-16H,3,17-19H2,1-2H3,(H,28,30). The third-order valence-corrected chi connectivity index (χ3v) is 5.61. The quantitative estimate of drug-likeness (QED) is 0.419. The Labute approximate surface area is 183 Å². The highest BCUT2D eigenvalue weighted by Crippen LogP contribution is 2.20. The summed E-state index contributed by atoms with van der Waals surface area (Å²) in [5, 5.41) is 0.668.